The minimum Gasteiger partial charge on any atom is -0.434 e. The molecule has 2 amide bonds. The molecular formula is C21H24F2N2O3. The second-order valence-corrected chi connectivity index (χ2v) is 6.71. The Hall–Kier alpha value is -2.96. The van der Waals surface area contributed by atoms with Crippen LogP contribution in [0.5, 0.6) is 5.75 Å². The van der Waals surface area contributed by atoms with Crippen LogP contribution in [-0.2, 0) is 11.3 Å². The van der Waals surface area contributed by atoms with Crippen molar-refractivity contribution >= 4 is 11.8 Å². The number of para-hydroxylation sites is 1. The van der Waals surface area contributed by atoms with Crippen LogP contribution in [0.4, 0.5) is 8.78 Å². The van der Waals surface area contributed by atoms with Gasteiger partial charge >= 0.3 is 6.61 Å². The van der Waals surface area contributed by atoms with Crippen LogP contribution in [0.2, 0.25) is 0 Å². The van der Waals surface area contributed by atoms with Crippen LogP contribution in [0.15, 0.2) is 48.5 Å². The topological polar surface area (TPSA) is 67.4 Å². The second kappa shape index (κ2) is 9.82. The number of carbonyl (C=O) groups excluding carboxylic acids is 2. The first-order valence-corrected chi connectivity index (χ1v) is 8.96. The highest BCUT2D eigenvalue weighted by molar-refractivity contribution is 5.98. The molecule has 2 aromatic rings. The highest BCUT2D eigenvalue weighted by Crippen LogP contribution is 2.20. The molecule has 2 rings (SSSR count). The summed E-state index contributed by atoms with van der Waals surface area (Å²) in [5.41, 5.74) is 1.72. The third kappa shape index (κ3) is 5.77. The van der Waals surface area contributed by atoms with Gasteiger partial charge in [-0.1, -0.05) is 50.2 Å². The van der Waals surface area contributed by atoms with Gasteiger partial charge in [0.05, 0.1) is 0 Å². The molecular weight excluding hydrogens is 366 g/mol. The molecule has 150 valence electrons. The van der Waals surface area contributed by atoms with Gasteiger partial charge in [0, 0.05) is 17.7 Å². The quantitative estimate of drug-likeness (QED) is 0.723. The van der Waals surface area contributed by atoms with Gasteiger partial charge in [0.2, 0.25) is 5.91 Å². The average molecular weight is 390 g/mol. The lowest BCUT2D eigenvalue weighted by atomic mass is 10.0. The summed E-state index contributed by atoms with van der Waals surface area (Å²) >= 11 is 0. The molecule has 0 aliphatic carbocycles. The molecule has 1 atom stereocenters. The van der Waals surface area contributed by atoms with E-state index in [1.807, 2.05) is 32.9 Å². The van der Waals surface area contributed by atoms with Crippen LogP contribution in [0.1, 0.15) is 35.3 Å². The minimum atomic E-state index is -2.95. The lowest BCUT2D eigenvalue weighted by Crippen LogP contribution is -2.49. The van der Waals surface area contributed by atoms with Crippen LogP contribution in [-0.4, -0.2) is 24.5 Å². The summed E-state index contributed by atoms with van der Waals surface area (Å²) in [6.45, 7) is 2.50. The summed E-state index contributed by atoms with van der Waals surface area (Å²) in [5, 5.41) is 5.44. The Morgan fingerprint density at radius 1 is 1.04 bits per heavy atom. The zero-order valence-electron chi connectivity index (χ0n) is 16.0. The van der Waals surface area contributed by atoms with Gasteiger partial charge in [-0.15, -0.1) is 0 Å². The van der Waals surface area contributed by atoms with Crippen molar-refractivity contribution in [2.45, 2.75) is 40.0 Å². The average Bonchev–Trinajstić information content (AvgIpc) is 2.64. The Kier molecular flexibility index (Phi) is 7.49. The maximum atomic E-state index is 12.6. The van der Waals surface area contributed by atoms with E-state index < -0.39 is 18.6 Å². The van der Waals surface area contributed by atoms with E-state index in [0.717, 1.165) is 5.56 Å². The molecule has 1 unspecified atom stereocenters. The summed E-state index contributed by atoms with van der Waals surface area (Å²) in [6.07, 6.45) is 0. The highest BCUT2D eigenvalue weighted by Gasteiger charge is 2.25. The van der Waals surface area contributed by atoms with Crippen LogP contribution in [0.3, 0.4) is 0 Å². The first kappa shape index (κ1) is 21.3. The Balaban J connectivity index is 2.06. The molecule has 0 radical (unpaired) electrons. The largest absolute Gasteiger partial charge is 0.434 e. The summed E-state index contributed by atoms with van der Waals surface area (Å²) in [7, 11) is 0. The van der Waals surface area contributed by atoms with Crippen molar-refractivity contribution in [2.75, 3.05) is 0 Å². The summed E-state index contributed by atoms with van der Waals surface area (Å²) < 4.78 is 29.5. The van der Waals surface area contributed by atoms with E-state index >= 15 is 0 Å². The van der Waals surface area contributed by atoms with Gasteiger partial charge in [-0.3, -0.25) is 9.59 Å². The molecule has 2 aromatic carbocycles. The molecule has 0 fully saturated rings. The van der Waals surface area contributed by atoms with E-state index in [0.29, 0.717) is 11.1 Å². The number of aryl methyl sites for hydroxylation is 1. The second-order valence-electron chi connectivity index (χ2n) is 6.71. The molecule has 0 heterocycles. The van der Waals surface area contributed by atoms with E-state index in [1.54, 1.807) is 30.3 Å². The Morgan fingerprint density at radius 2 is 1.68 bits per heavy atom. The zero-order valence-corrected chi connectivity index (χ0v) is 16.0. The number of alkyl halides is 2. The number of amides is 2. The fourth-order valence-electron chi connectivity index (χ4n) is 2.73. The highest BCUT2D eigenvalue weighted by atomic mass is 19.3. The molecule has 0 saturated heterocycles. The van der Waals surface area contributed by atoms with Gasteiger partial charge in [0.15, 0.2) is 0 Å². The number of hydrogen-bond donors (Lipinski definition) is 2. The molecule has 2 N–H and O–H groups in total. The number of rotatable bonds is 8. The van der Waals surface area contributed by atoms with Crippen molar-refractivity contribution < 1.29 is 23.1 Å². The summed E-state index contributed by atoms with van der Waals surface area (Å²) in [6, 6.07) is 12.6. The van der Waals surface area contributed by atoms with Crippen molar-refractivity contribution in [1.29, 1.82) is 0 Å². The van der Waals surface area contributed by atoms with Crippen molar-refractivity contribution in [2.24, 2.45) is 5.92 Å². The lowest BCUT2D eigenvalue weighted by molar-refractivity contribution is -0.124. The number of halogens is 2. The van der Waals surface area contributed by atoms with Crippen molar-refractivity contribution in [3.63, 3.8) is 0 Å². The Labute approximate surface area is 163 Å². The molecule has 5 nitrogen and oxygen atoms in total. The zero-order chi connectivity index (χ0) is 20.7. The number of ether oxygens (including phenoxy) is 1. The molecule has 0 spiro atoms. The van der Waals surface area contributed by atoms with Crippen molar-refractivity contribution in [3.05, 3.63) is 65.2 Å². The third-order valence-corrected chi connectivity index (χ3v) is 4.27. The summed E-state index contributed by atoms with van der Waals surface area (Å²) in [4.78, 5) is 25.2. The van der Waals surface area contributed by atoms with Crippen LogP contribution < -0.4 is 15.4 Å². The fourth-order valence-corrected chi connectivity index (χ4v) is 2.73. The smallest absolute Gasteiger partial charge is 0.387 e. The Bertz CT molecular complexity index is 825. The predicted octanol–water partition coefficient (Wildman–Crippen LogP) is 3.67. The molecule has 0 aromatic heterocycles. The van der Waals surface area contributed by atoms with Gasteiger partial charge in [-0.2, -0.15) is 8.78 Å². The van der Waals surface area contributed by atoms with Crippen molar-refractivity contribution in [3.8, 4) is 5.75 Å². The van der Waals surface area contributed by atoms with Crippen LogP contribution in [0, 0.1) is 12.8 Å². The monoisotopic (exact) mass is 390 g/mol. The SMILES string of the molecule is Cc1ccccc1C(=O)NC(C(=O)NCc1ccccc1OC(F)F)C(C)C. The van der Waals surface area contributed by atoms with Crippen molar-refractivity contribution in [1.82, 2.24) is 10.6 Å². The van der Waals surface area contributed by atoms with Gasteiger partial charge < -0.3 is 15.4 Å². The van der Waals surface area contributed by atoms with Gasteiger partial charge in [-0.05, 0) is 30.5 Å². The first-order chi connectivity index (χ1) is 13.3. The lowest BCUT2D eigenvalue weighted by Gasteiger charge is -2.22. The van der Waals surface area contributed by atoms with E-state index in [9.17, 15) is 18.4 Å². The number of nitrogens with one attached hydrogen (secondary N) is 2. The van der Waals surface area contributed by atoms with Gasteiger partial charge in [0.1, 0.15) is 11.8 Å². The van der Waals surface area contributed by atoms with E-state index in [-0.39, 0.29) is 24.1 Å². The molecule has 0 bridgehead atoms. The minimum absolute atomic E-state index is 0.00263. The first-order valence-electron chi connectivity index (χ1n) is 8.96. The molecule has 7 heteroatoms. The van der Waals surface area contributed by atoms with E-state index in [1.165, 1.54) is 6.07 Å². The maximum absolute atomic E-state index is 12.6. The standard InChI is InChI=1S/C21H24F2N2O3/c1-13(2)18(25-19(26)16-10-6-4-8-14(16)3)20(27)24-12-15-9-5-7-11-17(15)28-21(22)23/h4-11,13,18,21H,12H2,1-3H3,(H,24,27)(H,25,26). The predicted molar refractivity (Wildman–Crippen MR) is 102 cm³/mol. The van der Waals surface area contributed by atoms with Gasteiger partial charge in [-0.25, -0.2) is 0 Å². The Morgan fingerprint density at radius 3 is 2.32 bits per heavy atom. The molecule has 0 aliphatic heterocycles. The van der Waals surface area contributed by atoms with Crippen LogP contribution >= 0.6 is 0 Å². The third-order valence-electron chi connectivity index (χ3n) is 4.27. The van der Waals surface area contributed by atoms with E-state index in [2.05, 4.69) is 15.4 Å². The van der Waals surface area contributed by atoms with Gasteiger partial charge in [0.25, 0.3) is 5.91 Å². The molecule has 0 aliphatic rings. The summed E-state index contributed by atoms with van der Waals surface area (Å²) in [5.74, 6) is -0.902. The number of hydrogen-bond acceptors (Lipinski definition) is 3. The van der Waals surface area contributed by atoms with E-state index in [4.69, 9.17) is 0 Å². The molecule has 28 heavy (non-hydrogen) atoms. The molecule has 0 saturated carbocycles. The maximum Gasteiger partial charge on any atom is 0.387 e. The number of carbonyl (C=O) groups is 2. The normalized spacial score (nSPS) is 12.0. The number of benzene rings is 2. The fraction of sp³-hybridized carbons (Fsp3) is 0.333. The van der Waals surface area contributed by atoms with Crippen LogP contribution in [0.25, 0.3) is 0 Å².